The van der Waals surface area contributed by atoms with E-state index in [0.717, 1.165) is 27.3 Å². The number of amides is 2. The molecule has 1 N–H and O–H groups in total. The van der Waals surface area contributed by atoms with Crippen molar-refractivity contribution in [2.24, 2.45) is 0 Å². The third-order valence-corrected chi connectivity index (χ3v) is 7.56. The Hall–Kier alpha value is -3.36. The molecule has 2 amide bonds. The lowest BCUT2D eigenvalue weighted by atomic mass is 10.0. The fourth-order valence-electron chi connectivity index (χ4n) is 4.23. The fourth-order valence-corrected chi connectivity index (χ4v) is 5.36. The molecule has 0 saturated heterocycles. The number of anilines is 1. The number of rotatable bonds is 11. The number of likely N-dealkylation sites (N-methyl/N-ethyl adjacent to an activating group) is 1. The first kappa shape index (κ1) is 29.2. The van der Waals surface area contributed by atoms with E-state index in [1.807, 2.05) is 68.4 Å². The van der Waals surface area contributed by atoms with Crippen LogP contribution in [0, 0.1) is 13.8 Å². The molecule has 3 aromatic carbocycles. The van der Waals surface area contributed by atoms with Crippen LogP contribution in [0.2, 0.25) is 5.02 Å². The van der Waals surface area contributed by atoms with E-state index in [9.17, 15) is 18.0 Å². The molecule has 0 bridgehead atoms. The summed E-state index contributed by atoms with van der Waals surface area (Å²) in [4.78, 5) is 28.8. The highest BCUT2D eigenvalue weighted by Crippen LogP contribution is 2.26. The van der Waals surface area contributed by atoms with Crippen molar-refractivity contribution in [1.82, 2.24) is 10.2 Å². The number of aryl methyl sites for hydroxylation is 2. The minimum atomic E-state index is -3.83. The number of nitrogens with one attached hydrogen (secondary N) is 1. The number of benzene rings is 3. The van der Waals surface area contributed by atoms with Crippen molar-refractivity contribution >= 4 is 39.1 Å². The Morgan fingerprint density at radius 3 is 2.18 bits per heavy atom. The predicted octanol–water partition coefficient (Wildman–Crippen LogP) is 4.50. The molecule has 0 aliphatic heterocycles. The summed E-state index contributed by atoms with van der Waals surface area (Å²) in [6, 6.07) is 21.1. The van der Waals surface area contributed by atoms with Gasteiger partial charge in [-0.15, -0.1) is 0 Å². The van der Waals surface area contributed by atoms with Crippen molar-refractivity contribution in [3.63, 3.8) is 0 Å². The van der Waals surface area contributed by atoms with E-state index in [-0.39, 0.29) is 18.9 Å². The second-order valence-corrected chi connectivity index (χ2v) is 11.7. The zero-order chi connectivity index (χ0) is 27.9. The van der Waals surface area contributed by atoms with Crippen LogP contribution in [0.25, 0.3) is 0 Å². The maximum Gasteiger partial charge on any atom is 0.244 e. The van der Waals surface area contributed by atoms with Crippen molar-refractivity contribution in [3.8, 4) is 0 Å². The molecule has 0 heterocycles. The molecule has 38 heavy (non-hydrogen) atoms. The van der Waals surface area contributed by atoms with Crippen molar-refractivity contribution in [3.05, 3.63) is 100 Å². The Balaban J connectivity index is 2.05. The summed E-state index contributed by atoms with van der Waals surface area (Å²) in [7, 11) is -3.83. The van der Waals surface area contributed by atoms with Crippen molar-refractivity contribution < 1.29 is 18.0 Å². The number of hydrogen-bond donors (Lipinski definition) is 1. The number of halogens is 1. The van der Waals surface area contributed by atoms with Crippen LogP contribution in [0.4, 0.5) is 5.69 Å². The number of sulfonamides is 1. The minimum Gasteiger partial charge on any atom is -0.355 e. The molecule has 0 radical (unpaired) electrons. The van der Waals surface area contributed by atoms with E-state index in [1.165, 1.54) is 4.90 Å². The van der Waals surface area contributed by atoms with Crippen LogP contribution >= 0.6 is 11.6 Å². The molecule has 9 heteroatoms. The summed E-state index contributed by atoms with van der Waals surface area (Å²) in [5.41, 5.74) is 3.76. The van der Waals surface area contributed by atoms with Gasteiger partial charge in [0, 0.05) is 24.5 Å². The molecular weight excluding hydrogens is 522 g/mol. The van der Waals surface area contributed by atoms with Crippen LogP contribution in [0.15, 0.2) is 72.8 Å². The minimum absolute atomic E-state index is 0.144. The Morgan fingerprint density at radius 1 is 0.947 bits per heavy atom. The van der Waals surface area contributed by atoms with E-state index < -0.39 is 28.5 Å². The lowest BCUT2D eigenvalue weighted by molar-refractivity contribution is -0.140. The Labute approximate surface area is 230 Å². The van der Waals surface area contributed by atoms with E-state index in [0.29, 0.717) is 22.8 Å². The average Bonchev–Trinajstić information content (AvgIpc) is 2.86. The highest BCUT2D eigenvalue weighted by Gasteiger charge is 2.33. The Kier molecular flexibility index (Phi) is 9.94. The summed E-state index contributed by atoms with van der Waals surface area (Å²) in [6.45, 7) is 5.61. The normalized spacial score (nSPS) is 12.0. The number of carbonyl (C=O) groups is 2. The second kappa shape index (κ2) is 12.9. The van der Waals surface area contributed by atoms with Gasteiger partial charge in [-0.2, -0.15) is 0 Å². The highest BCUT2D eigenvalue weighted by atomic mass is 35.5. The summed E-state index contributed by atoms with van der Waals surface area (Å²) in [6.07, 6.45) is 1.34. The van der Waals surface area contributed by atoms with E-state index >= 15 is 0 Å². The zero-order valence-electron chi connectivity index (χ0n) is 22.1. The smallest absolute Gasteiger partial charge is 0.244 e. The molecule has 0 saturated carbocycles. The number of nitrogens with zero attached hydrogens (tertiary/aromatic N) is 2. The first-order valence-corrected chi connectivity index (χ1v) is 14.6. The highest BCUT2D eigenvalue weighted by molar-refractivity contribution is 7.92. The topological polar surface area (TPSA) is 86.8 Å². The Morgan fingerprint density at radius 2 is 1.61 bits per heavy atom. The van der Waals surface area contributed by atoms with Gasteiger partial charge in [0.05, 0.1) is 11.9 Å². The van der Waals surface area contributed by atoms with Crippen LogP contribution in [-0.2, 0) is 32.6 Å². The third-order valence-electron chi connectivity index (χ3n) is 6.20. The van der Waals surface area contributed by atoms with Gasteiger partial charge in [0.1, 0.15) is 12.6 Å². The molecule has 0 aliphatic carbocycles. The first-order valence-electron chi connectivity index (χ1n) is 12.4. The molecule has 3 rings (SSSR count). The van der Waals surface area contributed by atoms with E-state index in [4.69, 9.17) is 11.6 Å². The average molecular weight is 556 g/mol. The molecular formula is C29H34ClN3O4S. The molecule has 3 aromatic rings. The molecule has 0 aliphatic rings. The van der Waals surface area contributed by atoms with Gasteiger partial charge < -0.3 is 10.2 Å². The van der Waals surface area contributed by atoms with Gasteiger partial charge in [0.2, 0.25) is 21.8 Å². The van der Waals surface area contributed by atoms with Crippen molar-refractivity contribution in [1.29, 1.82) is 0 Å². The van der Waals surface area contributed by atoms with Crippen LogP contribution in [0.5, 0.6) is 0 Å². The SMILES string of the molecule is CCNC(=O)[C@H](Cc1ccccc1)N(Cc1ccc(C)cc1)C(=O)CN(c1ccc(Cl)cc1C)S(C)(=O)=O. The molecule has 0 aromatic heterocycles. The standard InChI is InChI=1S/C29H34ClN3O4S/c1-5-31-29(35)27(18-23-9-7-6-8-10-23)32(19-24-13-11-21(2)12-14-24)28(34)20-33(38(4,36)37)26-16-15-25(30)17-22(26)3/h6-17,27H,5,18-20H2,1-4H3,(H,31,35)/t27-/m0/s1. The van der Waals surface area contributed by atoms with Gasteiger partial charge in [-0.1, -0.05) is 71.8 Å². The van der Waals surface area contributed by atoms with Gasteiger partial charge >= 0.3 is 0 Å². The third kappa shape index (κ3) is 7.82. The van der Waals surface area contributed by atoms with Crippen molar-refractivity contribution in [2.45, 2.75) is 39.8 Å². The summed E-state index contributed by atoms with van der Waals surface area (Å²) in [5, 5.41) is 3.31. The van der Waals surface area contributed by atoms with Crippen LogP contribution in [0.3, 0.4) is 0 Å². The fraction of sp³-hybridized carbons (Fsp3) is 0.310. The molecule has 0 spiro atoms. The summed E-state index contributed by atoms with van der Waals surface area (Å²) in [5.74, 6) is -0.789. The maximum atomic E-state index is 14.0. The van der Waals surface area contributed by atoms with Gasteiger partial charge in [0.25, 0.3) is 0 Å². The molecule has 0 unspecified atom stereocenters. The van der Waals surface area contributed by atoms with E-state index in [2.05, 4.69) is 5.32 Å². The maximum absolute atomic E-state index is 14.0. The van der Waals surface area contributed by atoms with E-state index in [1.54, 1.807) is 25.1 Å². The monoisotopic (exact) mass is 555 g/mol. The summed E-state index contributed by atoms with van der Waals surface area (Å²) >= 11 is 6.09. The zero-order valence-corrected chi connectivity index (χ0v) is 23.7. The van der Waals surface area contributed by atoms with Gasteiger partial charge in [-0.25, -0.2) is 8.42 Å². The van der Waals surface area contributed by atoms with Crippen molar-refractivity contribution in [2.75, 3.05) is 23.7 Å². The van der Waals surface area contributed by atoms with Crippen LogP contribution < -0.4 is 9.62 Å². The molecule has 7 nitrogen and oxygen atoms in total. The number of hydrogen-bond acceptors (Lipinski definition) is 4. The first-order chi connectivity index (χ1) is 18.0. The molecule has 1 atom stereocenters. The van der Waals surface area contributed by atoms with Gasteiger partial charge in [-0.3, -0.25) is 13.9 Å². The van der Waals surface area contributed by atoms with Gasteiger partial charge in [0.15, 0.2) is 0 Å². The molecule has 0 fully saturated rings. The van der Waals surface area contributed by atoms with Crippen LogP contribution in [0.1, 0.15) is 29.2 Å². The summed E-state index contributed by atoms with van der Waals surface area (Å²) < 4.78 is 26.8. The second-order valence-electron chi connectivity index (χ2n) is 9.31. The quantitative estimate of drug-likeness (QED) is 0.377. The Bertz CT molecular complexity index is 1360. The van der Waals surface area contributed by atoms with Crippen LogP contribution in [-0.4, -0.2) is 50.5 Å². The largest absolute Gasteiger partial charge is 0.355 e. The lowest BCUT2D eigenvalue weighted by Crippen LogP contribution is -2.53. The molecule has 202 valence electrons. The number of carbonyl (C=O) groups excluding carboxylic acids is 2. The predicted molar refractivity (Wildman–Crippen MR) is 153 cm³/mol. The van der Waals surface area contributed by atoms with Gasteiger partial charge in [-0.05, 0) is 55.7 Å². The lowest BCUT2D eigenvalue weighted by Gasteiger charge is -2.33.